The van der Waals surface area contributed by atoms with E-state index >= 15 is 0 Å². The molecule has 2 heterocycles. The normalized spacial score (nSPS) is 23.3. The van der Waals surface area contributed by atoms with Crippen LogP contribution in [0.25, 0.3) is 0 Å². The third-order valence-electron chi connectivity index (χ3n) is 4.34. The molecule has 0 bridgehead atoms. The van der Waals surface area contributed by atoms with E-state index in [2.05, 4.69) is 4.98 Å². The zero-order valence-corrected chi connectivity index (χ0v) is 15.6. The molecule has 0 radical (unpaired) electrons. The molecule has 140 valence electrons. The number of carboxylic acid groups (broad SMARTS) is 1. The van der Waals surface area contributed by atoms with Gasteiger partial charge in [-0.15, -0.1) is 0 Å². The molecular weight excluding hydrogens is 348 g/mol. The maximum absolute atomic E-state index is 11.9. The second-order valence-electron chi connectivity index (χ2n) is 7.13. The van der Waals surface area contributed by atoms with Crippen LogP contribution in [0.1, 0.15) is 32.6 Å². The first-order valence-corrected chi connectivity index (χ1v) is 9.69. The van der Waals surface area contributed by atoms with E-state index in [4.69, 9.17) is 8.92 Å². The minimum Gasteiger partial charge on any atom is -0.465 e. The number of nitrogens with zero attached hydrogens (tertiary/aromatic N) is 2. The molecule has 0 saturated carbocycles. The summed E-state index contributed by atoms with van der Waals surface area (Å²) in [7, 11) is -3.84. The van der Waals surface area contributed by atoms with Crippen LogP contribution >= 0.6 is 0 Å². The SMILES string of the molecule is CC(C)(C)[C@@]1([C@H](OS(C)(=O)=O)c2ccccn2)CN(C(=O)O)CCO1. The molecule has 2 rings (SSSR count). The van der Waals surface area contributed by atoms with E-state index in [0.29, 0.717) is 5.69 Å². The monoisotopic (exact) mass is 372 g/mol. The summed E-state index contributed by atoms with van der Waals surface area (Å²) in [6.07, 6.45) is 0.320. The van der Waals surface area contributed by atoms with Gasteiger partial charge in [0.1, 0.15) is 11.7 Å². The summed E-state index contributed by atoms with van der Waals surface area (Å²) < 4.78 is 35.2. The van der Waals surface area contributed by atoms with E-state index in [9.17, 15) is 18.3 Å². The van der Waals surface area contributed by atoms with Gasteiger partial charge in [0.05, 0.1) is 25.1 Å². The first-order valence-electron chi connectivity index (χ1n) is 7.87. The predicted octanol–water partition coefficient (Wildman–Crippen LogP) is 1.89. The minimum atomic E-state index is -3.84. The van der Waals surface area contributed by atoms with Crippen molar-refractivity contribution in [1.82, 2.24) is 9.88 Å². The molecule has 2 atom stereocenters. The van der Waals surface area contributed by atoms with E-state index in [1.807, 2.05) is 20.8 Å². The van der Waals surface area contributed by atoms with Crippen LogP contribution in [-0.2, 0) is 19.0 Å². The summed E-state index contributed by atoms with van der Waals surface area (Å²) in [6, 6.07) is 5.07. The first-order chi connectivity index (χ1) is 11.5. The first kappa shape index (κ1) is 19.6. The molecule has 0 spiro atoms. The fraction of sp³-hybridized carbons (Fsp3) is 0.625. The zero-order valence-electron chi connectivity index (χ0n) is 14.8. The predicted molar refractivity (Wildman–Crippen MR) is 90.6 cm³/mol. The highest BCUT2D eigenvalue weighted by Crippen LogP contribution is 2.47. The highest BCUT2D eigenvalue weighted by atomic mass is 32.2. The van der Waals surface area contributed by atoms with Crippen molar-refractivity contribution < 1.29 is 27.2 Å². The number of hydrogen-bond donors (Lipinski definition) is 1. The molecule has 1 amide bonds. The van der Waals surface area contributed by atoms with E-state index in [1.165, 1.54) is 11.1 Å². The van der Waals surface area contributed by atoms with E-state index in [1.54, 1.807) is 18.2 Å². The molecule has 9 heteroatoms. The van der Waals surface area contributed by atoms with Gasteiger partial charge in [-0.25, -0.2) is 4.79 Å². The van der Waals surface area contributed by atoms with Crippen LogP contribution in [0, 0.1) is 5.41 Å². The second kappa shape index (κ2) is 6.89. The van der Waals surface area contributed by atoms with Crippen molar-refractivity contribution in [3.63, 3.8) is 0 Å². The Morgan fingerprint density at radius 1 is 1.44 bits per heavy atom. The van der Waals surface area contributed by atoms with Gasteiger partial charge in [-0.05, 0) is 17.5 Å². The number of aromatic nitrogens is 1. The lowest BCUT2D eigenvalue weighted by molar-refractivity contribution is -0.207. The quantitative estimate of drug-likeness (QED) is 0.805. The zero-order chi connectivity index (χ0) is 18.9. The molecule has 1 N–H and O–H groups in total. The smallest absolute Gasteiger partial charge is 0.407 e. The standard InChI is InChI=1S/C16H24N2O6S/c1-15(2,3)16(11-18(14(19)20)9-10-23-16)13(24-25(4,21)22)12-7-5-6-8-17-12/h5-8,13H,9-11H2,1-4H3,(H,19,20)/t13-,16+/m1/s1. The number of ether oxygens (including phenoxy) is 1. The van der Waals surface area contributed by atoms with Crippen LogP contribution in [0.15, 0.2) is 24.4 Å². The number of pyridine rings is 1. The van der Waals surface area contributed by atoms with Crippen LogP contribution < -0.4 is 0 Å². The average Bonchev–Trinajstić information content (AvgIpc) is 2.51. The Morgan fingerprint density at radius 3 is 2.60 bits per heavy atom. The van der Waals surface area contributed by atoms with Gasteiger partial charge in [-0.1, -0.05) is 26.8 Å². The summed E-state index contributed by atoms with van der Waals surface area (Å²) in [4.78, 5) is 17.0. The maximum Gasteiger partial charge on any atom is 0.407 e. The summed E-state index contributed by atoms with van der Waals surface area (Å²) in [5.74, 6) is 0. The third kappa shape index (κ3) is 4.28. The number of morpholine rings is 1. The molecule has 1 aliphatic heterocycles. The molecule has 1 aromatic heterocycles. The van der Waals surface area contributed by atoms with E-state index in [-0.39, 0.29) is 19.7 Å². The van der Waals surface area contributed by atoms with Gasteiger partial charge < -0.3 is 14.7 Å². The van der Waals surface area contributed by atoms with E-state index in [0.717, 1.165) is 6.26 Å². The van der Waals surface area contributed by atoms with Crippen LogP contribution in [0.3, 0.4) is 0 Å². The van der Waals surface area contributed by atoms with Crippen LogP contribution in [0.2, 0.25) is 0 Å². The van der Waals surface area contributed by atoms with Gasteiger partial charge in [0.25, 0.3) is 10.1 Å². The summed E-state index contributed by atoms with van der Waals surface area (Å²) in [5.41, 5.74) is -1.48. The molecule has 0 unspecified atom stereocenters. The molecular formula is C16H24N2O6S. The van der Waals surface area contributed by atoms with Crippen LogP contribution in [-0.4, -0.2) is 61.1 Å². The molecule has 0 aliphatic carbocycles. The third-order valence-corrected chi connectivity index (χ3v) is 4.88. The molecule has 8 nitrogen and oxygen atoms in total. The molecule has 25 heavy (non-hydrogen) atoms. The van der Waals surface area contributed by atoms with Crippen molar-refractivity contribution in [1.29, 1.82) is 0 Å². The average molecular weight is 372 g/mol. The maximum atomic E-state index is 11.9. The Labute approximate surface area is 147 Å². The van der Waals surface area contributed by atoms with Gasteiger partial charge >= 0.3 is 6.09 Å². The van der Waals surface area contributed by atoms with Crippen molar-refractivity contribution >= 4 is 16.2 Å². The molecule has 0 aromatic carbocycles. The van der Waals surface area contributed by atoms with Crippen molar-refractivity contribution in [2.24, 2.45) is 5.41 Å². The summed E-state index contributed by atoms with van der Waals surface area (Å²) in [5, 5.41) is 9.42. The highest BCUT2D eigenvalue weighted by Gasteiger charge is 2.55. The number of hydrogen-bond acceptors (Lipinski definition) is 6. The second-order valence-corrected chi connectivity index (χ2v) is 8.73. The number of carbonyl (C=O) groups is 1. The lowest BCUT2D eigenvalue weighted by Gasteiger charge is -2.52. The van der Waals surface area contributed by atoms with Gasteiger partial charge in [-0.2, -0.15) is 8.42 Å². The molecule has 1 aliphatic rings. The Bertz CT molecular complexity index is 716. The van der Waals surface area contributed by atoms with Crippen LogP contribution in [0.5, 0.6) is 0 Å². The Balaban J connectivity index is 2.60. The van der Waals surface area contributed by atoms with Crippen molar-refractivity contribution in [3.8, 4) is 0 Å². The topological polar surface area (TPSA) is 106 Å². The van der Waals surface area contributed by atoms with Crippen molar-refractivity contribution in [2.75, 3.05) is 26.0 Å². The lowest BCUT2D eigenvalue weighted by atomic mass is 9.70. The van der Waals surface area contributed by atoms with Gasteiger partial charge in [0, 0.05) is 12.7 Å². The lowest BCUT2D eigenvalue weighted by Crippen LogP contribution is -2.63. The fourth-order valence-corrected chi connectivity index (χ4v) is 3.59. The molecule has 1 fully saturated rings. The van der Waals surface area contributed by atoms with Crippen molar-refractivity contribution in [2.45, 2.75) is 32.5 Å². The molecule has 1 aromatic rings. The number of rotatable bonds is 4. The van der Waals surface area contributed by atoms with Gasteiger partial charge in [0.2, 0.25) is 0 Å². The minimum absolute atomic E-state index is 0.0252. The Hall–Kier alpha value is -1.71. The highest BCUT2D eigenvalue weighted by molar-refractivity contribution is 7.86. The summed E-state index contributed by atoms with van der Waals surface area (Å²) >= 11 is 0. The van der Waals surface area contributed by atoms with Crippen LogP contribution in [0.4, 0.5) is 4.79 Å². The molecule has 1 saturated heterocycles. The van der Waals surface area contributed by atoms with Crippen molar-refractivity contribution in [3.05, 3.63) is 30.1 Å². The number of amides is 1. The Morgan fingerprint density at radius 2 is 2.12 bits per heavy atom. The summed E-state index contributed by atoms with van der Waals surface area (Å²) in [6.45, 7) is 5.91. The largest absolute Gasteiger partial charge is 0.465 e. The Kier molecular flexibility index (Phi) is 5.41. The van der Waals surface area contributed by atoms with Gasteiger partial charge in [0.15, 0.2) is 0 Å². The fourth-order valence-electron chi connectivity index (χ4n) is 2.99. The van der Waals surface area contributed by atoms with Gasteiger partial charge in [-0.3, -0.25) is 9.17 Å². The van der Waals surface area contributed by atoms with E-state index < -0.39 is 33.3 Å².